The summed E-state index contributed by atoms with van der Waals surface area (Å²) in [6.45, 7) is 2.03. The Kier molecular flexibility index (Phi) is 3.19. The maximum atomic E-state index is 13.3. The van der Waals surface area contributed by atoms with Crippen LogP contribution in [-0.2, 0) is 0 Å². The van der Waals surface area contributed by atoms with Gasteiger partial charge in [-0.05, 0) is 52.7 Å². The van der Waals surface area contributed by atoms with Gasteiger partial charge < -0.3 is 10.1 Å². The molecular weight excluding hydrogens is 309 g/mol. The van der Waals surface area contributed by atoms with Gasteiger partial charge in [-0.3, -0.25) is 0 Å². The molecule has 0 aliphatic carbocycles. The standard InChI is InChI=1S/C15H13BrFNO/c1-9-14(10-4-2-5-11(17)8-10)19-15-12(16)6-3-7-13(15)18-9/h2-9,14,18H,1H3. The molecule has 2 unspecified atom stereocenters. The fourth-order valence-electron chi connectivity index (χ4n) is 2.33. The number of para-hydroxylation sites is 1. The molecule has 98 valence electrons. The second-order valence-corrected chi connectivity index (χ2v) is 5.50. The van der Waals surface area contributed by atoms with Gasteiger partial charge in [0.25, 0.3) is 0 Å². The van der Waals surface area contributed by atoms with Crippen molar-refractivity contribution >= 4 is 21.6 Å². The van der Waals surface area contributed by atoms with Gasteiger partial charge >= 0.3 is 0 Å². The molecule has 2 aromatic carbocycles. The maximum absolute atomic E-state index is 13.3. The monoisotopic (exact) mass is 321 g/mol. The number of ether oxygens (including phenoxy) is 1. The summed E-state index contributed by atoms with van der Waals surface area (Å²) in [6.07, 6.45) is -0.207. The van der Waals surface area contributed by atoms with Crippen molar-refractivity contribution in [3.8, 4) is 5.75 Å². The average Bonchev–Trinajstić information content (AvgIpc) is 2.38. The molecule has 0 radical (unpaired) electrons. The lowest BCUT2D eigenvalue weighted by Crippen LogP contribution is -2.32. The van der Waals surface area contributed by atoms with Gasteiger partial charge in [0.15, 0.2) is 5.75 Å². The third-order valence-corrected chi connectivity index (χ3v) is 3.85. The molecule has 2 atom stereocenters. The number of benzene rings is 2. The van der Waals surface area contributed by atoms with Crippen molar-refractivity contribution in [2.24, 2.45) is 0 Å². The van der Waals surface area contributed by atoms with Crippen molar-refractivity contribution < 1.29 is 9.13 Å². The molecule has 0 spiro atoms. The highest BCUT2D eigenvalue weighted by atomic mass is 79.9. The summed E-state index contributed by atoms with van der Waals surface area (Å²) in [6, 6.07) is 12.5. The zero-order valence-corrected chi connectivity index (χ0v) is 11.9. The molecule has 19 heavy (non-hydrogen) atoms. The Bertz CT molecular complexity index is 617. The summed E-state index contributed by atoms with van der Waals surface area (Å²) in [4.78, 5) is 0. The smallest absolute Gasteiger partial charge is 0.157 e. The lowest BCUT2D eigenvalue weighted by molar-refractivity contribution is 0.176. The van der Waals surface area contributed by atoms with Crippen molar-refractivity contribution in [1.29, 1.82) is 0 Å². The number of halogens is 2. The molecule has 3 rings (SSSR count). The number of rotatable bonds is 1. The van der Waals surface area contributed by atoms with Crippen LogP contribution in [0.1, 0.15) is 18.6 Å². The Morgan fingerprint density at radius 2 is 2.00 bits per heavy atom. The van der Waals surface area contributed by atoms with Gasteiger partial charge in [0.1, 0.15) is 11.9 Å². The van der Waals surface area contributed by atoms with Crippen molar-refractivity contribution in [2.45, 2.75) is 19.1 Å². The van der Waals surface area contributed by atoms with E-state index in [0.29, 0.717) is 0 Å². The number of hydrogen-bond donors (Lipinski definition) is 1. The second kappa shape index (κ2) is 4.85. The Morgan fingerprint density at radius 3 is 2.79 bits per heavy atom. The van der Waals surface area contributed by atoms with Crippen LogP contribution in [0.2, 0.25) is 0 Å². The summed E-state index contributed by atoms with van der Waals surface area (Å²) in [5.74, 6) is 0.529. The van der Waals surface area contributed by atoms with Crippen LogP contribution >= 0.6 is 15.9 Å². The minimum absolute atomic E-state index is 0.0728. The first kappa shape index (κ1) is 12.5. The summed E-state index contributed by atoms with van der Waals surface area (Å²) >= 11 is 3.48. The predicted molar refractivity (Wildman–Crippen MR) is 77.0 cm³/mol. The van der Waals surface area contributed by atoms with E-state index in [1.54, 1.807) is 6.07 Å². The Balaban J connectivity index is 1.99. The minimum atomic E-state index is -0.244. The highest BCUT2D eigenvalue weighted by Crippen LogP contribution is 2.41. The van der Waals surface area contributed by atoms with E-state index in [-0.39, 0.29) is 18.0 Å². The van der Waals surface area contributed by atoms with E-state index in [9.17, 15) is 4.39 Å². The molecule has 1 aliphatic heterocycles. The number of hydrogen-bond acceptors (Lipinski definition) is 2. The van der Waals surface area contributed by atoms with E-state index < -0.39 is 0 Å². The van der Waals surface area contributed by atoms with Gasteiger partial charge in [-0.2, -0.15) is 0 Å². The number of anilines is 1. The molecule has 1 N–H and O–H groups in total. The average molecular weight is 322 g/mol. The zero-order valence-electron chi connectivity index (χ0n) is 10.4. The summed E-state index contributed by atoms with van der Waals surface area (Å²) in [5.41, 5.74) is 1.79. The fourth-order valence-corrected chi connectivity index (χ4v) is 2.79. The number of fused-ring (bicyclic) bond motifs is 1. The summed E-state index contributed by atoms with van der Waals surface area (Å²) in [7, 11) is 0. The van der Waals surface area contributed by atoms with Gasteiger partial charge in [-0.15, -0.1) is 0 Å². The van der Waals surface area contributed by atoms with E-state index in [1.807, 2.05) is 31.2 Å². The molecule has 0 saturated carbocycles. The molecule has 4 heteroatoms. The topological polar surface area (TPSA) is 21.3 Å². The molecule has 0 saturated heterocycles. The predicted octanol–water partition coefficient (Wildman–Crippen LogP) is 4.52. The van der Waals surface area contributed by atoms with Crippen LogP contribution < -0.4 is 10.1 Å². The first-order valence-electron chi connectivity index (χ1n) is 6.12. The van der Waals surface area contributed by atoms with E-state index in [4.69, 9.17) is 4.74 Å². The molecule has 1 aliphatic rings. The molecule has 2 aromatic rings. The van der Waals surface area contributed by atoms with Gasteiger partial charge in [0.05, 0.1) is 16.2 Å². The first-order valence-corrected chi connectivity index (χ1v) is 6.91. The molecule has 1 heterocycles. The highest BCUT2D eigenvalue weighted by molar-refractivity contribution is 9.10. The van der Waals surface area contributed by atoms with Crippen LogP contribution in [0.25, 0.3) is 0 Å². The SMILES string of the molecule is CC1Nc2cccc(Br)c2OC1c1cccc(F)c1. The Labute approximate surface area is 119 Å². The largest absolute Gasteiger partial charge is 0.480 e. The Morgan fingerprint density at radius 1 is 1.21 bits per heavy atom. The zero-order chi connectivity index (χ0) is 13.4. The van der Waals surface area contributed by atoms with E-state index in [2.05, 4.69) is 21.2 Å². The summed E-state index contributed by atoms with van der Waals surface area (Å²) in [5, 5.41) is 3.39. The van der Waals surface area contributed by atoms with Crippen LogP contribution in [0.15, 0.2) is 46.9 Å². The minimum Gasteiger partial charge on any atom is -0.480 e. The first-order chi connectivity index (χ1) is 9.15. The van der Waals surface area contributed by atoms with Crippen molar-refractivity contribution in [3.05, 3.63) is 58.3 Å². The van der Waals surface area contributed by atoms with Crippen LogP contribution in [0.4, 0.5) is 10.1 Å². The molecule has 0 aromatic heterocycles. The molecule has 0 bridgehead atoms. The molecular formula is C15H13BrFNO. The third-order valence-electron chi connectivity index (χ3n) is 3.23. The van der Waals surface area contributed by atoms with Crippen molar-refractivity contribution in [2.75, 3.05) is 5.32 Å². The van der Waals surface area contributed by atoms with E-state index in [1.165, 1.54) is 12.1 Å². The van der Waals surface area contributed by atoms with Gasteiger partial charge in [0, 0.05) is 0 Å². The lowest BCUT2D eigenvalue weighted by atomic mass is 10.0. The van der Waals surface area contributed by atoms with Crippen LogP contribution in [0.3, 0.4) is 0 Å². The quantitative estimate of drug-likeness (QED) is 0.833. The van der Waals surface area contributed by atoms with E-state index >= 15 is 0 Å². The van der Waals surface area contributed by atoms with Gasteiger partial charge in [-0.25, -0.2) is 4.39 Å². The lowest BCUT2D eigenvalue weighted by Gasteiger charge is -2.33. The molecule has 2 nitrogen and oxygen atoms in total. The molecule has 0 amide bonds. The highest BCUT2D eigenvalue weighted by Gasteiger charge is 2.28. The van der Waals surface area contributed by atoms with Crippen LogP contribution in [0, 0.1) is 5.82 Å². The Hall–Kier alpha value is -1.55. The van der Waals surface area contributed by atoms with Crippen LogP contribution in [-0.4, -0.2) is 6.04 Å². The third kappa shape index (κ3) is 2.32. The van der Waals surface area contributed by atoms with Crippen molar-refractivity contribution in [1.82, 2.24) is 0 Å². The van der Waals surface area contributed by atoms with E-state index in [0.717, 1.165) is 21.5 Å². The summed E-state index contributed by atoms with van der Waals surface area (Å²) < 4.78 is 20.3. The van der Waals surface area contributed by atoms with Gasteiger partial charge in [-0.1, -0.05) is 18.2 Å². The fraction of sp³-hybridized carbons (Fsp3) is 0.200. The van der Waals surface area contributed by atoms with Crippen molar-refractivity contribution in [3.63, 3.8) is 0 Å². The maximum Gasteiger partial charge on any atom is 0.157 e. The van der Waals surface area contributed by atoms with Crippen LogP contribution in [0.5, 0.6) is 5.75 Å². The normalized spacial score (nSPS) is 21.2. The second-order valence-electron chi connectivity index (χ2n) is 4.64. The van der Waals surface area contributed by atoms with Gasteiger partial charge in [0.2, 0.25) is 0 Å². The number of nitrogens with one attached hydrogen (secondary N) is 1. The molecule has 0 fully saturated rings.